The van der Waals surface area contributed by atoms with Gasteiger partial charge in [0.2, 0.25) is 0 Å². The van der Waals surface area contributed by atoms with Crippen molar-refractivity contribution in [2.24, 2.45) is 0 Å². The Hall–Kier alpha value is -0.760. The molecule has 0 unspecified atom stereocenters. The van der Waals surface area contributed by atoms with Crippen LogP contribution >= 0.6 is 0 Å². The smallest absolute Gasteiger partial charge is 0.129 e. The van der Waals surface area contributed by atoms with Gasteiger partial charge in [0.1, 0.15) is 18.1 Å². The molecule has 1 heterocycles. The third kappa shape index (κ3) is 1.69. The molecule has 0 aliphatic rings. The lowest BCUT2D eigenvalue weighted by Crippen LogP contribution is -2.13. The van der Waals surface area contributed by atoms with E-state index in [1.165, 1.54) is 0 Å². The van der Waals surface area contributed by atoms with Gasteiger partial charge < -0.3 is 9.52 Å². The summed E-state index contributed by atoms with van der Waals surface area (Å²) in [6.45, 7) is 6.38. The second-order valence-corrected chi connectivity index (χ2v) is 3.66. The summed E-state index contributed by atoms with van der Waals surface area (Å²) in [5.74, 6) is 1.60. The van der Waals surface area contributed by atoms with Crippen LogP contribution < -0.4 is 0 Å². The fourth-order valence-corrected chi connectivity index (χ4v) is 1.00. The van der Waals surface area contributed by atoms with E-state index in [1.54, 1.807) is 0 Å². The molecule has 0 aliphatic carbocycles. The minimum Gasteiger partial charge on any atom is -0.463 e. The van der Waals surface area contributed by atoms with Crippen LogP contribution in [0.15, 0.2) is 16.5 Å². The molecule has 0 radical (unpaired) electrons. The van der Waals surface area contributed by atoms with E-state index >= 15 is 0 Å². The predicted octanol–water partition coefficient (Wildman–Crippen LogP) is 2.46. The molecule has 0 fully saturated rings. The Morgan fingerprint density at radius 2 is 2.08 bits per heavy atom. The first-order valence-corrected chi connectivity index (χ1v) is 4.30. The van der Waals surface area contributed by atoms with Crippen molar-refractivity contribution in [2.75, 3.05) is 0 Å². The summed E-state index contributed by atoms with van der Waals surface area (Å²) in [5.41, 5.74) is 0.0768. The van der Waals surface area contributed by atoms with Gasteiger partial charge in [0.25, 0.3) is 0 Å². The first-order valence-electron chi connectivity index (χ1n) is 4.30. The average Bonchev–Trinajstić information content (AvgIpc) is 2.52. The minimum absolute atomic E-state index is 0.0141. The lowest BCUT2D eigenvalue weighted by molar-refractivity contribution is 0.235. The third-order valence-corrected chi connectivity index (χ3v) is 2.37. The summed E-state index contributed by atoms with van der Waals surface area (Å²) in [6.07, 6.45) is 1.03. The topological polar surface area (TPSA) is 33.4 Å². The summed E-state index contributed by atoms with van der Waals surface area (Å²) < 4.78 is 5.44. The van der Waals surface area contributed by atoms with Crippen molar-refractivity contribution in [3.8, 4) is 0 Å². The Bertz CT molecular complexity index is 248. The normalized spacial score (nSPS) is 12.0. The van der Waals surface area contributed by atoms with E-state index in [-0.39, 0.29) is 12.0 Å². The highest BCUT2D eigenvalue weighted by atomic mass is 16.4. The third-order valence-electron chi connectivity index (χ3n) is 2.37. The first-order chi connectivity index (χ1) is 5.60. The molecule has 0 saturated heterocycles. The van der Waals surface area contributed by atoms with Gasteiger partial charge >= 0.3 is 0 Å². The first kappa shape index (κ1) is 9.33. The Labute approximate surface area is 73.2 Å². The SMILES string of the molecule is CCC(C)(C)c1ccc(CO)o1. The molecule has 1 N–H and O–H groups in total. The minimum atomic E-state index is -0.0141. The quantitative estimate of drug-likeness (QED) is 0.752. The fourth-order valence-electron chi connectivity index (χ4n) is 1.00. The molecule has 2 nitrogen and oxygen atoms in total. The van der Waals surface area contributed by atoms with Crippen LogP contribution in [0, 0.1) is 0 Å². The van der Waals surface area contributed by atoms with E-state index in [0.29, 0.717) is 5.76 Å². The van der Waals surface area contributed by atoms with E-state index in [0.717, 1.165) is 12.2 Å². The Morgan fingerprint density at radius 1 is 1.42 bits per heavy atom. The molecular formula is C10H16O2. The van der Waals surface area contributed by atoms with E-state index in [4.69, 9.17) is 9.52 Å². The predicted molar refractivity (Wildman–Crippen MR) is 47.9 cm³/mol. The molecule has 0 aromatic carbocycles. The number of hydrogen-bond acceptors (Lipinski definition) is 2. The van der Waals surface area contributed by atoms with Gasteiger partial charge in [0, 0.05) is 5.41 Å². The second kappa shape index (κ2) is 3.31. The van der Waals surface area contributed by atoms with Crippen molar-refractivity contribution in [1.29, 1.82) is 0 Å². The standard InChI is InChI=1S/C10H16O2/c1-4-10(2,3)9-6-5-8(7-11)12-9/h5-6,11H,4,7H2,1-3H3. The molecule has 0 spiro atoms. The zero-order valence-electron chi connectivity index (χ0n) is 7.92. The van der Waals surface area contributed by atoms with E-state index in [1.807, 2.05) is 12.1 Å². The van der Waals surface area contributed by atoms with Crippen LogP contribution in [0.5, 0.6) is 0 Å². The van der Waals surface area contributed by atoms with Crippen molar-refractivity contribution < 1.29 is 9.52 Å². The monoisotopic (exact) mass is 168 g/mol. The molecule has 1 aromatic rings. The van der Waals surface area contributed by atoms with Gasteiger partial charge in [-0.3, -0.25) is 0 Å². The fraction of sp³-hybridized carbons (Fsp3) is 0.600. The van der Waals surface area contributed by atoms with Gasteiger partial charge in [-0.05, 0) is 18.6 Å². The summed E-state index contributed by atoms with van der Waals surface area (Å²) in [4.78, 5) is 0. The number of furan rings is 1. The molecule has 1 rings (SSSR count). The van der Waals surface area contributed by atoms with Crippen LogP contribution in [-0.4, -0.2) is 5.11 Å². The van der Waals surface area contributed by atoms with Crippen molar-refractivity contribution >= 4 is 0 Å². The molecule has 0 atom stereocenters. The number of aliphatic hydroxyl groups is 1. The van der Waals surface area contributed by atoms with Gasteiger partial charge in [0.05, 0.1) is 0 Å². The zero-order valence-corrected chi connectivity index (χ0v) is 7.92. The number of aliphatic hydroxyl groups excluding tert-OH is 1. The molecule has 68 valence electrons. The maximum absolute atomic E-state index is 8.80. The van der Waals surface area contributed by atoms with Crippen LogP contribution in [-0.2, 0) is 12.0 Å². The van der Waals surface area contributed by atoms with Gasteiger partial charge in [-0.25, -0.2) is 0 Å². The van der Waals surface area contributed by atoms with Crippen molar-refractivity contribution in [2.45, 2.75) is 39.2 Å². The molecule has 0 bridgehead atoms. The summed E-state index contributed by atoms with van der Waals surface area (Å²) in [7, 11) is 0. The van der Waals surface area contributed by atoms with Gasteiger partial charge in [0.15, 0.2) is 0 Å². The maximum Gasteiger partial charge on any atom is 0.129 e. The molecule has 0 amide bonds. The van der Waals surface area contributed by atoms with Gasteiger partial charge in [-0.2, -0.15) is 0 Å². The molecule has 12 heavy (non-hydrogen) atoms. The average molecular weight is 168 g/mol. The molecular weight excluding hydrogens is 152 g/mol. The highest BCUT2D eigenvalue weighted by Crippen LogP contribution is 2.28. The highest BCUT2D eigenvalue weighted by molar-refractivity contribution is 5.14. The molecule has 0 saturated carbocycles. The highest BCUT2D eigenvalue weighted by Gasteiger charge is 2.21. The lowest BCUT2D eigenvalue weighted by atomic mass is 9.88. The summed E-state index contributed by atoms with van der Waals surface area (Å²) in [6, 6.07) is 3.77. The van der Waals surface area contributed by atoms with Crippen molar-refractivity contribution in [1.82, 2.24) is 0 Å². The van der Waals surface area contributed by atoms with Crippen LogP contribution in [0.2, 0.25) is 0 Å². The maximum atomic E-state index is 8.80. The van der Waals surface area contributed by atoms with E-state index in [9.17, 15) is 0 Å². The number of rotatable bonds is 3. The largest absolute Gasteiger partial charge is 0.463 e. The summed E-state index contributed by atoms with van der Waals surface area (Å²) in [5, 5.41) is 8.80. The molecule has 0 aliphatic heterocycles. The van der Waals surface area contributed by atoms with Crippen LogP contribution in [0.25, 0.3) is 0 Å². The molecule has 1 aromatic heterocycles. The molecule has 2 heteroatoms. The number of hydrogen-bond donors (Lipinski definition) is 1. The summed E-state index contributed by atoms with van der Waals surface area (Å²) >= 11 is 0. The van der Waals surface area contributed by atoms with E-state index < -0.39 is 0 Å². The van der Waals surface area contributed by atoms with E-state index in [2.05, 4.69) is 20.8 Å². The Balaban J connectivity index is 2.88. The Kier molecular flexibility index (Phi) is 2.58. The van der Waals surface area contributed by atoms with Crippen molar-refractivity contribution in [3.05, 3.63) is 23.7 Å². The second-order valence-electron chi connectivity index (χ2n) is 3.66. The van der Waals surface area contributed by atoms with Gasteiger partial charge in [-0.15, -0.1) is 0 Å². The van der Waals surface area contributed by atoms with Crippen molar-refractivity contribution in [3.63, 3.8) is 0 Å². The van der Waals surface area contributed by atoms with Crippen LogP contribution in [0.3, 0.4) is 0 Å². The van der Waals surface area contributed by atoms with Crippen LogP contribution in [0.1, 0.15) is 38.7 Å². The lowest BCUT2D eigenvalue weighted by Gasteiger charge is -2.18. The van der Waals surface area contributed by atoms with Gasteiger partial charge in [-0.1, -0.05) is 20.8 Å². The zero-order chi connectivity index (χ0) is 9.19. The Morgan fingerprint density at radius 3 is 2.50 bits per heavy atom. The van der Waals surface area contributed by atoms with Crippen LogP contribution in [0.4, 0.5) is 0 Å².